The number of nitrogens with zero attached hydrogens (tertiary/aromatic N) is 2. The molecule has 0 aliphatic rings. The smallest absolute Gasteiger partial charge is 0.192 e. The molecule has 0 bridgehead atoms. The van der Waals surface area contributed by atoms with Crippen molar-refractivity contribution in [1.82, 2.24) is 31.9 Å². The molecule has 0 radical (unpaired) electrons. The first kappa shape index (κ1) is 33.5. The number of guanidine groups is 2. The molecule has 0 aromatic rings. The second-order valence-electron chi connectivity index (χ2n) is 13.4. The van der Waals surface area contributed by atoms with Crippen LogP contribution in [0.25, 0.3) is 0 Å². The predicted molar refractivity (Wildman–Crippen MR) is 156 cm³/mol. The molecule has 0 amide bonds. The maximum Gasteiger partial charge on any atom is 0.192 e. The van der Waals surface area contributed by atoms with E-state index in [0.29, 0.717) is 0 Å². The zero-order valence-corrected chi connectivity index (χ0v) is 25.3. The van der Waals surface area contributed by atoms with Gasteiger partial charge in [0, 0.05) is 24.2 Å². The first-order valence-corrected chi connectivity index (χ1v) is 13.5. The maximum atomic E-state index is 4.77. The topological polar surface area (TPSA) is 96.9 Å². The van der Waals surface area contributed by atoms with E-state index in [4.69, 9.17) is 9.98 Å². The summed E-state index contributed by atoms with van der Waals surface area (Å²) in [6, 6.07) is 0. The van der Waals surface area contributed by atoms with Crippen LogP contribution in [0, 0.1) is 0 Å². The Hall–Kier alpha value is -1.54. The van der Waals surface area contributed by atoms with Crippen molar-refractivity contribution in [3.05, 3.63) is 0 Å². The van der Waals surface area contributed by atoms with Gasteiger partial charge in [-0.15, -0.1) is 0 Å². The van der Waals surface area contributed by atoms with E-state index in [-0.39, 0.29) is 22.2 Å². The molecule has 0 spiro atoms. The van der Waals surface area contributed by atoms with Crippen molar-refractivity contribution in [2.24, 2.45) is 9.98 Å². The third kappa shape index (κ3) is 25.4. The van der Waals surface area contributed by atoms with Crippen molar-refractivity contribution in [1.29, 1.82) is 0 Å². The van der Waals surface area contributed by atoms with E-state index >= 15 is 0 Å². The first-order chi connectivity index (χ1) is 15.9. The van der Waals surface area contributed by atoms with E-state index in [1.807, 2.05) is 0 Å². The van der Waals surface area contributed by atoms with Gasteiger partial charge in [-0.05, 0) is 129 Å². The number of hydrogen-bond donors (Lipinski definition) is 6. The number of hydrogen-bond acceptors (Lipinski definition) is 4. The highest BCUT2D eigenvalue weighted by Crippen LogP contribution is 2.08. The molecule has 35 heavy (non-hydrogen) atoms. The Morgan fingerprint density at radius 1 is 0.457 bits per heavy atom. The van der Waals surface area contributed by atoms with E-state index in [9.17, 15) is 0 Å². The molecule has 0 aromatic heterocycles. The molecule has 6 N–H and O–H groups in total. The van der Waals surface area contributed by atoms with Crippen molar-refractivity contribution in [3.63, 3.8) is 0 Å². The highest BCUT2D eigenvalue weighted by Gasteiger charge is 2.16. The summed E-state index contributed by atoms with van der Waals surface area (Å²) in [6.07, 6.45) is 3.26. The quantitative estimate of drug-likeness (QED) is 0.140. The van der Waals surface area contributed by atoms with Crippen molar-refractivity contribution in [2.45, 2.75) is 125 Å². The minimum absolute atomic E-state index is 0.00991. The van der Waals surface area contributed by atoms with Gasteiger partial charge >= 0.3 is 0 Å². The van der Waals surface area contributed by atoms with Crippen LogP contribution >= 0.6 is 0 Å². The third-order valence-corrected chi connectivity index (χ3v) is 4.23. The van der Waals surface area contributed by atoms with Gasteiger partial charge in [0.05, 0.1) is 11.1 Å². The highest BCUT2D eigenvalue weighted by atomic mass is 15.2. The van der Waals surface area contributed by atoms with Crippen molar-refractivity contribution in [2.75, 3.05) is 39.3 Å². The second kappa shape index (κ2) is 15.5. The zero-order valence-electron chi connectivity index (χ0n) is 25.3. The number of aliphatic imine (C=N–C) groups is 2. The predicted octanol–water partition coefficient (Wildman–Crippen LogP) is 3.60. The van der Waals surface area contributed by atoms with E-state index in [1.54, 1.807) is 0 Å². The van der Waals surface area contributed by atoms with Crippen LogP contribution in [0.15, 0.2) is 9.98 Å². The summed E-state index contributed by atoms with van der Waals surface area (Å²) < 4.78 is 0. The van der Waals surface area contributed by atoms with Crippen LogP contribution in [0.3, 0.4) is 0 Å². The van der Waals surface area contributed by atoms with Crippen LogP contribution < -0.4 is 31.9 Å². The molecule has 0 aliphatic carbocycles. The molecule has 0 saturated carbocycles. The molecule has 0 aromatic carbocycles. The van der Waals surface area contributed by atoms with Gasteiger partial charge < -0.3 is 31.9 Å². The second-order valence-corrected chi connectivity index (χ2v) is 13.4. The van der Waals surface area contributed by atoms with E-state index in [0.717, 1.165) is 70.5 Å². The maximum absolute atomic E-state index is 4.77. The van der Waals surface area contributed by atoms with Crippen LogP contribution in [0.1, 0.15) is 102 Å². The van der Waals surface area contributed by atoms with Crippen LogP contribution in [-0.2, 0) is 0 Å². The fraction of sp³-hybridized carbons (Fsp3) is 0.926. The summed E-state index contributed by atoms with van der Waals surface area (Å²) in [6.45, 7) is 31.5. The van der Waals surface area contributed by atoms with Crippen LogP contribution in [0.4, 0.5) is 0 Å². The standard InChI is InChI=1S/C27H60N8/c1-24(2,3)32-22(33-25(4,5)6)30-20-14-18-28-16-13-17-29-19-15-21-31-23(34-26(7,8)9)35-27(10,11)12/h28-29H,13-21H2,1-12H3,(H2,30,32,33)(H2,31,34,35). The van der Waals surface area contributed by atoms with Crippen LogP contribution in [0.5, 0.6) is 0 Å². The lowest BCUT2D eigenvalue weighted by molar-refractivity contribution is 0.488. The normalized spacial score (nSPS) is 14.2. The average molecular weight is 497 g/mol. The lowest BCUT2D eigenvalue weighted by atomic mass is 10.1. The summed E-state index contributed by atoms with van der Waals surface area (Å²) in [5, 5.41) is 21.0. The highest BCUT2D eigenvalue weighted by molar-refractivity contribution is 5.81. The molecule has 0 aliphatic heterocycles. The molecular formula is C27H60N8. The van der Waals surface area contributed by atoms with Gasteiger partial charge in [0.1, 0.15) is 0 Å². The van der Waals surface area contributed by atoms with Gasteiger partial charge in [-0.1, -0.05) is 0 Å². The van der Waals surface area contributed by atoms with Crippen LogP contribution in [0.2, 0.25) is 0 Å². The van der Waals surface area contributed by atoms with Crippen molar-refractivity contribution in [3.8, 4) is 0 Å². The van der Waals surface area contributed by atoms with Gasteiger partial charge in [0.15, 0.2) is 11.9 Å². The summed E-state index contributed by atoms with van der Waals surface area (Å²) in [5.41, 5.74) is -0.227. The van der Waals surface area contributed by atoms with Gasteiger partial charge in [-0.2, -0.15) is 0 Å². The monoisotopic (exact) mass is 496 g/mol. The fourth-order valence-corrected chi connectivity index (χ4v) is 3.03. The van der Waals surface area contributed by atoms with E-state index < -0.39 is 0 Å². The van der Waals surface area contributed by atoms with Crippen LogP contribution in [-0.4, -0.2) is 73.3 Å². The summed E-state index contributed by atoms with van der Waals surface area (Å²) in [4.78, 5) is 9.55. The Morgan fingerprint density at radius 3 is 1.00 bits per heavy atom. The van der Waals surface area contributed by atoms with Gasteiger partial charge in [-0.3, -0.25) is 0 Å². The number of rotatable bonds is 12. The van der Waals surface area contributed by atoms with Crippen molar-refractivity contribution < 1.29 is 0 Å². The van der Waals surface area contributed by atoms with Gasteiger partial charge in [-0.25, -0.2) is 9.98 Å². The number of nitrogens with one attached hydrogen (secondary N) is 6. The Labute approximate surface area is 217 Å². The molecule has 8 nitrogen and oxygen atoms in total. The molecular weight excluding hydrogens is 436 g/mol. The zero-order chi connectivity index (χ0) is 27.2. The Morgan fingerprint density at radius 2 is 0.743 bits per heavy atom. The lowest BCUT2D eigenvalue weighted by Crippen LogP contribution is -2.49. The summed E-state index contributed by atoms with van der Waals surface area (Å²) in [7, 11) is 0. The molecule has 0 fully saturated rings. The van der Waals surface area contributed by atoms with Gasteiger partial charge in [0.25, 0.3) is 0 Å². The van der Waals surface area contributed by atoms with Crippen molar-refractivity contribution >= 4 is 11.9 Å². The van der Waals surface area contributed by atoms with E-state index in [2.05, 4.69) is 115 Å². The minimum Gasteiger partial charge on any atom is -0.356 e. The minimum atomic E-state index is -0.104. The molecule has 0 saturated heterocycles. The molecule has 0 unspecified atom stereocenters. The summed E-state index contributed by atoms with van der Waals surface area (Å²) >= 11 is 0. The molecule has 0 rings (SSSR count). The molecule has 0 heterocycles. The Bertz CT molecular complexity index is 559. The first-order valence-electron chi connectivity index (χ1n) is 13.5. The Kier molecular flexibility index (Phi) is 14.9. The summed E-state index contributed by atoms with van der Waals surface area (Å²) in [5.74, 6) is 1.77. The van der Waals surface area contributed by atoms with Gasteiger partial charge in [0.2, 0.25) is 0 Å². The fourth-order valence-electron chi connectivity index (χ4n) is 3.03. The SMILES string of the molecule is CC(C)(C)/N=C(/NCCCNCCCNCCCN/C(=N/C(C)(C)C)NC(C)(C)C)NC(C)(C)C. The molecule has 208 valence electrons. The van der Waals surface area contributed by atoms with E-state index in [1.165, 1.54) is 0 Å². The molecule has 8 heteroatoms. The largest absolute Gasteiger partial charge is 0.356 e. The average Bonchev–Trinajstić information content (AvgIpc) is 2.59. The third-order valence-electron chi connectivity index (χ3n) is 4.23. The molecule has 0 atom stereocenters. The Balaban J connectivity index is 3.92. The lowest BCUT2D eigenvalue weighted by Gasteiger charge is -2.26.